The molecule has 2 atom stereocenters. The van der Waals surface area contributed by atoms with Gasteiger partial charge in [0.15, 0.2) is 0 Å². The standard InChI is InChI=1S/C25H32N4O2/c30-23-10-4-3-9-22(23)28-15-12-19(13-16-28)27-24-20(7-5-14-26-24)25(31)29-17-11-18-6-1-2-8-21(18)29/h1-2,5-8,14,19,22-23,30H,3-4,9-13,15-17H2,(H,26,27). The highest BCUT2D eigenvalue weighted by atomic mass is 16.3. The molecule has 2 aromatic rings. The maximum atomic E-state index is 13.4. The molecule has 164 valence electrons. The lowest BCUT2D eigenvalue weighted by atomic mass is 9.89. The molecule has 1 aliphatic carbocycles. The first-order chi connectivity index (χ1) is 15.2. The molecule has 6 heteroatoms. The zero-order valence-corrected chi connectivity index (χ0v) is 18.0. The third-order valence-electron chi connectivity index (χ3n) is 7.20. The van der Waals surface area contributed by atoms with Gasteiger partial charge in [0, 0.05) is 43.6 Å². The summed E-state index contributed by atoms with van der Waals surface area (Å²) in [6.07, 6.45) is 8.88. The number of anilines is 2. The van der Waals surface area contributed by atoms with E-state index in [9.17, 15) is 9.90 Å². The lowest BCUT2D eigenvalue weighted by Gasteiger charge is -2.41. The number of pyridine rings is 1. The summed E-state index contributed by atoms with van der Waals surface area (Å²) < 4.78 is 0. The first-order valence-electron chi connectivity index (χ1n) is 11.7. The molecule has 3 aliphatic rings. The summed E-state index contributed by atoms with van der Waals surface area (Å²) in [5.41, 5.74) is 2.89. The molecule has 2 unspecified atom stereocenters. The molecule has 0 radical (unpaired) electrons. The molecular weight excluding hydrogens is 388 g/mol. The Morgan fingerprint density at radius 1 is 1.00 bits per heavy atom. The third kappa shape index (κ3) is 4.19. The van der Waals surface area contributed by atoms with Gasteiger partial charge < -0.3 is 15.3 Å². The molecule has 31 heavy (non-hydrogen) atoms. The van der Waals surface area contributed by atoms with Crippen LogP contribution < -0.4 is 10.2 Å². The highest BCUT2D eigenvalue weighted by Gasteiger charge is 2.32. The monoisotopic (exact) mass is 420 g/mol. The van der Waals surface area contributed by atoms with Gasteiger partial charge in [0.05, 0.1) is 11.7 Å². The van der Waals surface area contributed by atoms with Crippen LogP contribution in [0.2, 0.25) is 0 Å². The van der Waals surface area contributed by atoms with Crippen molar-refractivity contribution in [3.8, 4) is 0 Å². The van der Waals surface area contributed by atoms with Gasteiger partial charge in [0.25, 0.3) is 5.91 Å². The number of fused-ring (bicyclic) bond motifs is 1. The van der Waals surface area contributed by atoms with Crippen LogP contribution in [0, 0.1) is 0 Å². The number of carbonyl (C=O) groups excluding carboxylic acids is 1. The molecule has 1 aromatic carbocycles. The number of para-hydroxylation sites is 1. The van der Waals surface area contributed by atoms with E-state index < -0.39 is 0 Å². The number of benzene rings is 1. The van der Waals surface area contributed by atoms with Crippen LogP contribution in [-0.2, 0) is 6.42 Å². The Balaban J connectivity index is 1.25. The summed E-state index contributed by atoms with van der Waals surface area (Å²) in [5.74, 6) is 0.705. The minimum Gasteiger partial charge on any atom is -0.391 e. The van der Waals surface area contributed by atoms with Gasteiger partial charge in [-0.15, -0.1) is 0 Å². The SMILES string of the molecule is O=C(c1cccnc1NC1CCN(C2CCCCC2O)CC1)N1CCc2ccccc21. The molecule has 0 bridgehead atoms. The quantitative estimate of drug-likeness (QED) is 0.793. The number of hydrogen-bond acceptors (Lipinski definition) is 5. The fourth-order valence-corrected chi connectivity index (χ4v) is 5.47. The Hall–Kier alpha value is -2.44. The second-order valence-corrected chi connectivity index (χ2v) is 9.11. The normalized spacial score (nSPS) is 24.7. The lowest BCUT2D eigenvalue weighted by Crippen LogP contribution is -2.50. The van der Waals surface area contributed by atoms with E-state index in [0.717, 1.165) is 57.3 Å². The number of aromatic nitrogens is 1. The Labute approximate surface area is 184 Å². The van der Waals surface area contributed by atoms with Crippen molar-refractivity contribution in [3.63, 3.8) is 0 Å². The number of carbonyl (C=O) groups is 1. The van der Waals surface area contributed by atoms with Gasteiger partial charge in [-0.2, -0.15) is 0 Å². The van der Waals surface area contributed by atoms with Crippen LogP contribution in [-0.4, -0.2) is 58.7 Å². The fourth-order valence-electron chi connectivity index (χ4n) is 5.47. The average molecular weight is 421 g/mol. The van der Waals surface area contributed by atoms with Crippen molar-refractivity contribution < 1.29 is 9.90 Å². The summed E-state index contributed by atoms with van der Waals surface area (Å²) in [7, 11) is 0. The smallest absolute Gasteiger partial charge is 0.262 e. The first-order valence-corrected chi connectivity index (χ1v) is 11.7. The number of aliphatic hydroxyl groups excluding tert-OH is 1. The second-order valence-electron chi connectivity index (χ2n) is 9.11. The number of likely N-dealkylation sites (tertiary alicyclic amines) is 1. The molecule has 1 saturated carbocycles. The average Bonchev–Trinajstić information content (AvgIpc) is 3.24. The van der Waals surface area contributed by atoms with Gasteiger partial charge in [-0.05, 0) is 55.9 Å². The maximum absolute atomic E-state index is 13.4. The molecular formula is C25H32N4O2. The van der Waals surface area contributed by atoms with E-state index in [0.29, 0.717) is 30.0 Å². The number of hydrogen-bond donors (Lipinski definition) is 2. The molecule has 1 saturated heterocycles. The summed E-state index contributed by atoms with van der Waals surface area (Å²) in [5, 5.41) is 13.9. The zero-order valence-electron chi connectivity index (χ0n) is 18.0. The number of amides is 1. The Bertz CT molecular complexity index is 925. The molecule has 2 fully saturated rings. The van der Waals surface area contributed by atoms with Crippen LogP contribution in [0.15, 0.2) is 42.6 Å². The summed E-state index contributed by atoms with van der Waals surface area (Å²) in [6.45, 7) is 2.68. The van der Waals surface area contributed by atoms with Crippen LogP contribution in [0.1, 0.15) is 54.4 Å². The van der Waals surface area contributed by atoms with Crippen LogP contribution >= 0.6 is 0 Å². The fraction of sp³-hybridized carbons (Fsp3) is 0.520. The Morgan fingerprint density at radius 2 is 1.81 bits per heavy atom. The minimum atomic E-state index is -0.179. The number of nitrogens with zero attached hydrogens (tertiary/aromatic N) is 3. The van der Waals surface area contributed by atoms with E-state index in [1.165, 1.54) is 12.0 Å². The molecule has 2 aliphatic heterocycles. The van der Waals surface area contributed by atoms with Gasteiger partial charge in [-0.25, -0.2) is 4.98 Å². The van der Waals surface area contributed by atoms with E-state index in [-0.39, 0.29) is 12.0 Å². The Kier molecular flexibility index (Phi) is 5.92. The molecule has 0 spiro atoms. The predicted octanol–water partition coefficient (Wildman–Crippen LogP) is 3.46. The number of piperidine rings is 1. The number of rotatable bonds is 4. The number of nitrogens with one attached hydrogen (secondary N) is 1. The minimum absolute atomic E-state index is 0.0170. The largest absolute Gasteiger partial charge is 0.391 e. The van der Waals surface area contributed by atoms with Crippen molar-refractivity contribution in [1.82, 2.24) is 9.88 Å². The van der Waals surface area contributed by atoms with Crippen molar-refractivity contribution in [3.05, 3.63) is 53.7 Å². The third-order valence-corrected chi connectivity index (χ3v) is 7.20. The van der Waals surface area contributed by atoms with Crippen molar-refractivity contribution in [2.24, 2.45) is 0 Å². The van der Waals surface area contributed by atoms with E-state index in [4.69, 9.17) is 0 Å². The van der Waals surface area contributed by atoms with E-state index >= 15 is 0 Å². The van der Waals surface area contributed by atoms with Crippen LogP contribution in [0.25, 0.3) is 0 Å². The second kappa shape index (κ2) is 8.97. The molecule has 3 heterocycles. The van der Waals surface area contributed by atoms with Crippen molar-refractivity contribution in [2.45, 2.75) is 63.1 Å². The van der Waals surface area contributed by atoms with Crippen molar-refractivity contribution in [2.75, 3.05) is 29.9 Å². The highest BCUT2D eigenvalue weighted by molar-refractivity contribution is 6.10. The Morgan fingerprint density at radius 3 is 2.65 bits per heavy atom. The summed E-state index contributed by atoms with van der Waals surface area (Å²) in [4.78, 5) is 22.3. The highest BCUT2D eigenvalue weighted by Crippen LogP contribution is 2.31. The summed E-state index contributed by atoms with van der Waals surface area (Å²) >= 11 is 0. The van der Waals surface area contributed by atoms with Crippen LogP contribution in [0.5, 0.6) is 0 Å². The van der Waals surface area contributed by atoms with Crippen molar-refractivity contribution >= 4 is 17.4 Å². The van der Waals surface area contributed by atoms with Gasteiger partial charge in [0.2, 0.25) is 0 Å². The summed E-state index contributed by atoms with van der Waals surface area (Å²) in [6, 6.07) is 12.5. The molecule has 6 nitrogen and oxygen atoms in total. The molecule has 5 rings (SSSR count). The van der Waals surface area contributed by atoms with Gasteiger partial charge >= 0.3 is 0 Å². The van der Waals surface area contributed by atoms with Crippen LogP contribution in [0.3, 0.4) is 0 Å². The molecule has 1 aromatic heterocycles. The van der Waals surface area contributed by atoms with Crippen molar-refractivity contribution in [1.29, 1.82) is 0 Å². The van der Waals surface area contributed by atoms with E-state index in [1.807, 2.05) is 35.2 Å². The number of aliphatic hydroxyl groups is 1. The molecule has 2 N–H and O–H groups in total. The lowest BCUT2D eigenvalue weighted by molar-refractivity contribution is 0.00992. The first kappa shape index (κ1) is 20.5. The van der Waals surface area contributed by atoms with E-state index in [2.05, 4.69) is 21.3 Å². The molecule has 1 amide bonds. The van der Waals surface area contributed by atoms with E-state index in [1.54, 1.807) is 6.20 Å². The van der Waals surface area contributed by atoms with Crippen LogP contribution in [0.4, 0.5) is 11.5 Å². The van der Waals surface area contributed by atoms with Gasteiger partial charge in [0.1, 0.15) is 5.82 Å². The maximum Gasteiger partial charge on any atom is 0.262 e. The topological polar surface area (TPSA) is 68.7 Å². The van der Waals surface area contributed by atoms with Gasteiger partial charge in [-0.1, -0.05) is 31.0 Å². The van der Waals surface area contributed by atoms with Gasteiger partial charge in [-0.3, -0.25) is 9.69 Å². The predicted molar refractivity (Wildman–Crippen MR) is 123 cm³/mol. The zero-order chi connectivity index (χ0) is 21.2.